The van der Waals surface area contributed by atoms with E-state index < -0.39 is 0 Å². The Morgan fingerprint density at radius 2 is 1.09 bits per heavy atom. The van der Waals surface area contributed by atoms with Gasteiger partial charge in [0.25, 0.3) is 5.82 Å². The molecule has 0 amide bonds. The summed E-state index contributed by atoms with van der Waals surface area (Å²) in [6, 6.07) is 0.635. The van der Waals surface area contributed by atoms with Crippen LogP contribution in [0.15, 0.2) is 12.4 Å². The molecule has 1 heterocycles. The van der Waals surface area contributed by atoms with Crippen molar-refractivity contribution < 1.29 is 4.57 Å². The number of nitrogens with one attached hydrogen (secondary N) is 1. The lowest BCUT2D eigenvalue weighted by molar-refractivity contribution is -0.726. The molecule has 1 unspecified atom stereocenters. The van der Waals surface area contributed by atoms with Crippen LogP contribution in [-0.4, -0.2) is 4.98 Å². The van der Waals surface area contributed by atoms with Crippen LogP contribution < -0.4 is 4.57 Å². The minimum atomic E-state index is 0.635. The molecule has 0 aromatic carbocycles. The second-order valence-corrected chi connectivity index (χ2v) is 10.9. The van der Waals surface area contributed by atoms with Crippen molar-refractivity contribution in [1.29, 1.82) is 0 Å². The Morgan fingerprint density at radius 1 is 0.625 bits per heavy atom. The Kier molecular flexibility index (Phi) is 19.0. The van der Waals surface area contributed by atoms with Gasteiger partial charge in [0.05, 0.1) is 6.04 Å². The minimum absolute atomic E-state index is 0.635. The number of aromatic nitrogens is 2. The number of aryl methyl sites for hydroxylation is 1. The molecule has 1 aromatic heterocycles. The summed E-state index contributed by atoms with van der Waals surface area (Å²) in [5.41, 5.74) is 0. The van der Waals surface area contributed by atoms with E-state index in [2.05, 4.69) is 49.6 Å². The second-order valence-electron chi connectivity index (χ2n) is 10.9. The molecule has 0 aliphatic heterocycles. The zero-order valence-electron chi connectivity index (χ0n) is 22.6. The number of hydrogen-bond donors (Lipinski definition) is 1. The van der Waals surface area contributed by atoms with Gasteiger partial charge >= 0.3 is 0 Å². The highest BCUT2D eigenvalue weighted by Crippen LogP contribution is 2.16. The Hall–Kier alpha value is -0.790. The molecule has 1 aromatic rings. The third kappa shape index (κ3) is 15.9. The molecule has 1 atom stereocenters. The summed E-state index contributed by atoms with van der Waals surface area (Å²) in [5.74, 6) is 2.32. The van der Waals surface area contributed by atoms with E-state index in [9.17, 15) is 0 Å². The van der Waals surface area contributed by atoms with Crippen molar-refractivity contribution in [2.24, 2.45) is 5.92 Å². The van der Waals surface area contributed by atoms with Crippen molar-refractivity contribution in [1.82, 2.24) is 4.98 Å². The van der Waals surface area contributed by atoms with E-state index in [4.69, 9.17) is 0 Å². The van der Waals surface area contributed by atoms with E-state index in [1.54, 1.807) is 0 Å². The lowest BCUT2D eigenvalue weighted by Gasteiger charge is -2.10. The quantitative estimate of drug-likeness (QED) is 0.127. The number of nitrogens with zero attached hydrogens (tertiary/aromatic N) is 1. The van der Waals surface area contributed by atoms with Gasteiger partial charge in [-0.15, -0.1) is 0 Å². The molecule has 0 fully saturated rings. The first-order valence-corrected chi connectivity index (χ1v) is 14.7. The first-order chi connectivity index (χ1) is 15.6. The molecule has 2 heteroatoms. The van der Waals surface area contributed by atoms with Gasteiger partial charge in [-0.25, -0.2) is 9.55 Å². The maximum Gasteiger partial charge on any atom is 0.254 e. The van der Waals surface area contributed by atoms with Crippen LogP contribution in [0.25, 0.3) is 0 Å². The first kappa shape index (κ1) is 29.2. The summed E-state index contributed by atoms with van der Waals surface area (Å²) in [7, 11) is 0. The van der Waals surface area contributed by atoms with E-state index in [1.165, 1.54) is 141 Å². The topological polar surface area (TPSA) is 19.7 Å². The van der Waals surface area contributed by atoms with Gasteiger partial charge in [-0.05, 0) is 32.1 Å². The molecule has 0 bridgehead atoms. The van der Waals surface area contributed by atoms with Crippen molar-refractivity contribution in [3.8, 4) is 0 Å². The van der Waals surface area contributed by atoms with Crippen LogP contribution in [0.3, 0.4) is 0 Å². The van der Waals surface area contributed by atoms with Crippen molar-refractivity contribution in [2.45, 2.75) is 169 Å². The third-order valence-electron chi connectivity index (χ3n) is 7.19. The van der Waals surface area contributed by atoms with Crippen LogP contribution in [0.4, 0.5) is 0 Å². The van der Waals surface area contributed by atoms with Crippen LogP contribution in [0.5, 0.6) is 0 Å². The number of aromatic amines is 1. The summed E-state index contributed by atoms with van der Waals surface area (Å²) in [4.78, 5) is 3.52. The normalized spacial score (nSPS) is 12.7. The van der Waals surface area contributed by atoms with E-state index >= 15 is 0 Å². The van der Waals surface area contributed by atoms with E-state index in [0.717, 1.165) is 5.92 Å². The van der Waals surface area contributed by atoms with Crippen molar-refractivity contribution >= 4 is 0 Å². The average molecular weight is 448 g/mol. The van der Waals surface area contributed by atoms with Crippen LogP contribution in [-0.2, 0) is 6.42 Å². The van der Waals surface area contributed by atoms with Gasteiger partial charge in [-0.2, -0.15) is 0 Å². The van der Waals surface area contributed by atoms with Gasteiger partial charge in [-0.1, -0.05) is 130 Å². The smallest absolute Gasteiger partial charge is 0.248 e. The van der Waals surface area contributed by atoms with Gasteiger partial charge in [0.2, 0.25) is 0 Å². The molecule has 0 aliphatic carbocycles. The fourth-order valence-corrected chi connectivity index (χ4v) is 4.96. The molecule has 0 saturated carbocycles. The van der Waals surface area contributed by atoms with Gasteiger partial charge < -0.3 is 0 Å². The Bertz CT molecular complexity index is 505. The highest BCUT2D eigenvalue weighted by Gasteiger charge is 2.16. The third-order valence-corrected chi connectivity index (χ3v) is 7.19. The number of hydrogen-bond acceptors (Lipinski definition) is 0. The highest BCUT2D eigenvalue weighted by atomic mass is 15.1. The van der Waals surface area contributed by atoms with E-state index in [-0.39, 0.29) is 0 Å². The fourth-order valence-electron chi connectivity index (χ4n) is 4.96. The Labute approximate surface area is 202 Å². The van der Waals surface area contributed by atoms with Crippen molar-refractivity contribution in [2.75, 3.05) is 0 Å². The van der Waals surface area contributed by atoms with Crippen molar-refractivity contribution in [3.63, 3.8) is 0 Å². The zero-order valence-corrected chi connectivity index (χ0v) is 22.6. The molecule has 0 spiro atoms. The number of H-pyrrole nitrogens is 1. The van der Waals surface area contributed by atoms with Crippen LogP contribution in [0.2, 0.25) is 0 Å². The second kappa shape index (κ2) is 20.8. The SMILES string of the molecule is CCCCCCCCCCCCCC(C)[n+]1cc[nH]c1CCCCCCCCCC(C)C. The first-order valence-electron chi connectivity index (χ1n) is 14.7. The zero-order chi connectivity index (χ0) is 23.3. The molecule has 188 valence electrons. The molecule has 0 aliphatic rings. The van der Waals surface area contributed by atoms with Crippen LogP contribution in [0.1, 0.15) is 168 Å². The summed E-state index contributed by atoms with van der Waals surface area (Å²) < 4.78 is 2.52. The van der Waals surface area contributed by atoms with Crippen LogP contribution in [0, 0.1) is 5.92 Å². The van der Waals surface area contributed by atoms with Gasteiger partial charge in [-0.3, -0.25) is 0 Å². The minimum Gasteiger partial charge on any atom is -0.248 e. The van der Waals surface area contributed by atoms with E-state index in [0.29, 0.717) is 6.04 Å². The largest absolute Gasteiger partial charge is 0.254 e. The summed E-state index contributed by atoms with van der Waals surface area (Å²) in [5, 5.41) is 0. The molecule has 0 saturated heterocycles. The predicted molar refractivity (Wildman–Crippen MR) is 142 cm³/mol. The monoisotopic (exact) mass is 447 g/mol. The molecule has 1 rings (SSSR count). The van der Waals surface area contributed by atoms with E-state index in [1.807, 2.05) is 0 Å². The highest BCUT2D eigenvalue weighted by molar-refractivity contribution is 4.78. The Morgan fingerprint density at radius 3 is 1.62 bits per heavy atom. The fraction of sp³-hybridized carbons (Fsp3) is 0.900. The summed E-state index contributed by atoms with van der Waals surface area (Å²) in [6.07, 6.45) is 34.0. The van der Waals surface area contributed by atoms with Gasteiger partial charge in [0, 0.05) is 6.42 Å². The lowest BCUT2D eigenvalue weighted by Crippen LogP contribution is -2.39. The van der Waals surface area contributed by atoms with Gasteiger partial charge in [0.15, 0.2) is 0 Å². The summed E-state index contributed by atoms with van der Waals surface area (Å²) in [6.45, 7) is 9.39. The standard InChI is InChI=1S/C30H58N2/c1-5-6-7-8-9-10-11-12-15-18-21-24-29(4)32-27-26-31-30(32)25-22-19-16-13-14-17-20-23-28(2)3/h26-29H,5-25H2,1-4H3/p+1. The van der Waals surface area contributed by atoms with Gasteiger partial charge in [0.1, 0.15) is 12.4 Å². The number of rotatable bonds is 23. The molecule has 0 radical (unpaired) electrons. The average Bonchev–Trinajstić information content (AvgIpc) is 3.24. The van der Waals surface area contributed by atoms with Crippen molar-refractivity contribution in [3.05, 3.63) is 18.2 Å². The predicted octanol–water partition coefficient (Wildman–Crippen LogP) is 9.88. The molecule has 32 heavy (non-hydrogen) atoms. The molecular weight excluding hydrogens is 388 g/mol. The summed E-state index contributed by atoms with van der Waals surface area (Å²) >= 11 is 0. The molecular formula is C30H59N2+. The number of imidazole rings is 1. The number of unbranched alkanes of at least 4 members (excludes halogenated alkanes) is 16. The Balaban J connectivity index is 2.01. The molecule has 1 N–H and O–H groups in total. The lowest BCUT2D eigenvalue weighted by atomic mass is 10.0. The maximum absolute atomic E-state index is 3.52. The molecule has 2 nitrogen and oxygen atoms in total. The maximum atomic E-state index is 3.52. The van der Waals surface area contributed by atoms with Crippen LogP contribution >= 0.6 is 0 Å².